The predicted octanol–water partition coefficient (Wildman–Crippen LogP) is 6.52. The zero-order chi connectivity index (χ0) is 22.1. The summed E-state index contributed by atoms with van der Waals surface area (Å²) < 4.78 is 1.89. The molecule has 0 fully saturated rings. The molecule has 6 heteroatoms. The summed E-state index contributed by atoms with van der Waals surface area (Å²) in [6.07, 6.45) is 3.81. The van der Waals surface area contributed by atoms with E-state index in [1.807, 2.05) is 59.6 Å². The highest BCUT2D eigenvalue weighted by Gasteiger charge is 2.12. The van der Waals surface area contributed by atoms with E-state index < -0.39 is 0 Å². The Labute approximate surface area is 191 Å². The Morgan fingerprint density at radius 2 is 1.81 bits per heavy atom. The van der Waals surface area contributed by atoms with Crippen LogP contribution in [0.25, 0.3) is 27.2 Å². The third-order valence-corrected chi connectivity index (χ3v) is 6.23. The monoisotopic (exact) mass is 437 g/mol. The van der Waals surface area contributed by atoms with Crippen molar-refractivity contribution in [2.24, 2.45) is 5.10 Å². The Morgan fingerprint density at radius 1 is 0.969 bits per heavy atom. The van der Waals surface area contributed by atoms with Crippen molar-refractivity contribution < 1.29 is 0 Å². The van der Waals surface area contributed by atoms with Gasteiger partial charge in [0.15, 0.2) is 0 Å². The van der Waals surface area contributed by atoms with E-state index in [9.17, 15) is 0 Å². The molecule has 3 aromatic heterocycles. The van der Waals surface area contributed by atoms with E-state index >= 15 is 0 Å². The third kappa shape index (κ3) is 3.92. The fraction of sp³-hybridized carbons (Fsp3) is 0.115. The fourth-order valence-corrected chi connectivity index (χ4v) is 4.60. The maximum Gasteiger partial charge on any atom is 0.147 e. The second kappa shape index (κ2) is 8.40. The molecule has 0 saturated carbocycles. The highest BCUT2D eigenvalue weighted by molar-refractivity contribution is 7.13. The number of anilines is 1. The average molecular weight is 438 g/mol. The minimum absolute atomic E-state index is 0.728. The molecule has 2 aromatic carbocycles. The van der Waals surface area contributed by atoms with Crippen molar-refractivity contribution in [2.45, 2.75) is 20.8 Å². The van der Waals surface area contributed by atoms with Gasteiger partial charge in [-0.25, -0.2) is 9.67 Å². The largest absolute Gasteiger partial charge is 0.261 e. The first kappa shape index (κ1) is 20.2. The number of hydrogen-bond acceptors (Lipinski definition) is 5. The van der Waals surface area contributed by atoms with E-state index in [0.29, 0.717) is 0 Å². The third-order valence-electron chi connectivity index (χ3n) is 5.36. The van der Waals surface area contributed by atoms with Crippen LogP contribution >= 0.6 is 11.3 Å². The minimum atomic E-state index is 0.728. The number of nitrogens with zero attached hydrogens (tertiary/aromatic N) is 4. The van der Waals surface area contributed by atoms with Gasteiger partial charge in [0.1, 0.15) is 11.5 Å². The van der Waals surface area contributed by atoms with Crippen molar-refractivity contribution in [2.75, 3.05) is 5.43 Å². The van der Waals surface area contributed by atoms with Crippen molar-refractivity contribution >= 4 is 34.3 Å². The molecule has 5 aromatic rings. The lowest BCUT2D eigenvalue weighted by atomic mass is 10.0. The number of pyridine rings is 1. The van der Waals surface area contributed by atoms with Gasteiger partial charge in [0.2, 0.25) is 0 Å². The van der Waals surface area contributed by atoms with E-state index in [0.717, 1.165) is 33.2 Å². The number of para-hydroxylation sites is 1. The van der Waals surface area contributed by atoms with Crippen LogP contribution in [0.4, 0.5) is 5.82 Å². The van der Waals surface area contributed by atoms with E-state index in [1.165, 1.54) is 22.1 Å². The first-order chi connectivity index (χ1) is 15.6. The molecule has 0 atom stereocenters. The van der Waals surface area contributed by atoms with Crippen molar-refractivity contribution in [1.82, 2.24) is 14.8 Å². The topological polar surface area (TPSA) is 55.1 Å². The van der Waals surface area contributed by atoms with Crippen LogP contribution < -0.4 is 5.43 Å². The van der Waals surface area contributed by atoms with E-state index in [2.05, 4.69) is 54.9 Å². The van der Waals surface area contributed by atoms with E-state index in [4.69, 9.17) is 10.1 Å². The molecule has 0 saturated heterocycles. The molecule has 158 valence electrons. The molecule has 0 unspecified atom stereocenters. The fourth-order valence-electron chi connectivity index (χ4n) is 3.87. The standard InChI is InChI=1S/C26H23N5S/c1-17-12-19(3)25-22(13-17)18(2)14-24(28-25)29-27-15-20-16-31(21-8-5-4-6-9-21)30-26(20)23-10-7-11-32-23/h4-16H,1-3H3,(H,28,29). The Morgan fingerprint density at radius 3 is 2.59 bits per heavy atom. The van der Waals surface area contributed by atoms with Gasteiger partial charge >= 0.3 is 0 Å². The summed E-state index contributed by atoms with van der Waals surface area (Å²) in [5.74, 6) is 0.728. The van der Waals surface area contributed by atoms with Crippen LogP contribution in [0.2, 0.25) is 0 Å². The molecule has 5 rings (SSSR count). The number of nitrogens with one attached hydrogen (secondary N) is 1. The summed E-state index contributed by atoms with van der Waals surface area (Å²) in [6, 6.07) is 20.6. The lowest BCUT2D eigenvalue weighted by Crippen LogP contribution is -1.97. The first-order valence-corrected chi connectivity index (χ1v) is 11.3. The highest BCUT2D eigenvalue weighted by atomic mass is 32.1. The second-order valence-electron chi connectivity index (χ2n) is 7.86. The summed E-state index contributed by atoms with van der Waals surface area (Å²) in [7, 11) is 0. The minimum Gasteiger partial charge on any atom is -0.261 e. The molecule has 0 amide bonds. The summed E-state index contributed by atoms with van der Waals surface area (Å²) in [5, 5.41) is 12.6. The summed E-state index contributed by atoms with van der Waals surface area (Å²) in [5.41, 5.74) is 10.6. The molecular formula is C26H23N5S. The highest BCUT2D eigenvalue weighted by Crippen LogP contribution is 2.27. The molecule has 0 aliphatic rings. The molecule has 0 radical (unpaired) electrons. The van der Waals surface area contributed by atoms with Gasteiger partial charge in [-0.15, -0.1) is 11.3 Å². The lowest BCUT2D eigenvalue weighted by molar-refractivity contribution is 0.885. The molecular weight excluding hydrogens is 414 g/mol. The number of thiophene rings is 1. The summed E-state index contributed by atoms with van der Waals surface area (Å²) >= 11 is 1.66. The molecule has 32 heavy (non-hydrogen) atoms. The normalized spacial score (nSPS) is 11.5. The number of fused-ring (bicyclic) bond motifs is 1. The van der Waals surface area contributed by atoms with Crippen LogP contribution in [0.15, 0.2) is 77.3 Å². The molecule has 0 aliphatic carbocycles. The molecule has 0 spiro atoms. The number of hydrogen-bond donors (Lipinski definition) is 1. The zero-order valence-corrected chi connectivity index (χ0v) is 19.0. The van der Waals surface area contributed by atoms with Gasteiger partial charge in [0.05, 0.1) is 22.3 Å². The van der Waals surface area contributed by atoms with E-state index in [-0.39, 0.29) is 0 Å². The number of rotatable bonds is 5. The van der Waals surface area contributed by atoms with Gasteiger partial charge in [-0.05, 0) is 67.6 Å². The first-order valence-electron chi connectivity index (χ1n) is 10.4. The number of aromatic nitrogens is 3. The summed E-state index contributed by atoms with van der Waals surface area (Å²) in [6.45, 7) is 6.32. The second-order valence-corrected chi connectivity index (χ2v) is 8.81. The number of aryl methyl sites for hydroxylation is 3. The van der Waals surface area contributed by atoms with Crippen LogP contribution in [0.1, 0.15) is 22.3 Å². The molecule has 5 nitrogen and oxygen atoms in total. The Balaban J connectivity index is 1.47. The maximum atomic E-state index is 4.82. The number of hydrazone groups is 1. The summed E-state index contributed by atoms with van der Waals surface area (Å²) in [4.78, 5) is 5.89. The maximum absolute atomic E-state index is 4.82. The van der Waals surface area contributed by atoms with Crippen molar-refractivity contribution in [1.29, 1.82) is 0 Å². The van der Waals surface area contributed by atoms with Gasteiger partial charge in [-0.3, -0.25) is 5.43 Å². The van der Waals surface area contributed by atoms with Crippen LogP contribution in [-0.2, 0) is 0 Å². The van der Waals surface area contributed by atoms with Crippen molar-refractivity contribution in [3.63, 3.8) is 0 Å². The quantitative estimate of drug-likeness (QED) is 0.251. The Kier molecular flexibility index (Phi) is 5.29. The van der Waals surface area contributed by atoms with Crippen molar-refractivity contribution in [3.05, 3.63) is 94.5 Å². The number of benzene rings is 2. The lowest BCUT2D eigenvalue weighted by Gasteiger charge is -2.09. The molecule has 3 heterocycles. The van der Waals surface area contributed by atoms with Crippen LogP contribution in [-0.4, -0.2) is 21.0 Å². The van der Waals surface area contributed by atoms with Crippen LogP contribution in [0.5, 0.6) is 0 Å². The molecule has 0 bridgehead atoms. The van der Waals surface area contributed by atoms with Gasteiger partial charge in [0.25, 0.3) is 0 Å². The van der Waals surface area contributed by atoms with Crippen LogP contribution in [0, 0.1) is 20.8 Å². The van der Waals surface area contributed by atoms with Crippen LogP contribution in [0.3, 0.4) is 0 Å². The molecule has 1 N–H and O–H groups in total. The van der Waals surface area contributed by atoms with Gasteiger partial charge in [-0.1, -0.05) is 35.9 Å². The Hall–Kier alpha value is -3.77. The predicted molar refractivity (Wildman–Crippen MR) is 134 cm³/mol. The van der Waals surface area contributed by atoms with Gasteiger partial charge in [-0.2, -0.15) is 10.2 Å². The Bertz CT molecular complexity index is 1420. The average Bonchev–Trinajstić information content (AvgIpc) is 3.45. The molecule has 0 aliphatic heterocycles. The SMILES string of the molecule is Cc1cc(C)c2nc(NN=Cc3cn(-c4ccccc4)nc3-c3cccs3)cc(C)c2c1. The zero-order valence-electron chi connectivity index (χ0n) is 18.2. The van der Waals surface area contributed by atoms with Gasteiger partial charge in [0, 0.05) is 17.1 Å². The van der Waals surface area contributed by atoms with Gasteiger partial charge < -0.3 is 0 Å². The smallest absolute Gasteiger partial charge is 0.147 e. The van der Waals surface area contributed by atoms with Crippen molar-refractivity contribution in [3.8, 4) is 16.3 Å². The van der Waals surface area contributed by atoms with E-state index in [1.54, 1.807) is 11.3 Å².